The molecule has 1 N–H and O–H groups in total. The van der Waals surface area contributed by atoms with Gasteiger partial charge in [0.1, 0.15) is 5.69 Å². The Morgan fingerprint density at radius 1 is 1.07 bits per heavy atom. The number of nitrogens with one attached hydrogen (secondary N) is 1. The van der Waals surface area contributed by atoms with Crippen molar-refractivity contribution in [3.05, 3.63) is 57.9 Å². The molecule has 0 unspecified atom stereocenters. The number of benzene rings is 1. The van der Waals surface area contributed by atoms with Gasteiger partial charge in [-0.3, -0.25) is 4.79 Å². The van der Waals surface area contributed by atoms with Crippen LogP contribution in [0.5, 0.6) is 0 Å². The molecule has 3 nitrogen and oxygen atoms in total. The van der Waals surface area contributed by atoms with Crippen LogP contribution in [0, 0.1) is 13.8 Å². The van der Waals surface area contributed by atoms with Crippen molar-refractivity contribution in [3.8, 4) is 0 Å². The van der Waals surface area contributed by atoms with Crippen LogP contribution in [0.15, 0.2) is 24.3 Å². The number of rotatable bonds is 4. The molecule has 1 heterocycles. The van der Waals surface area contributed by atoms with Crippen LogP contribution in [-0.2, 0) is 19.4 Å². The first-order valence-electron chi connectivity index (χ1n) is 10.7. The lowest BCUT2D eigenvalue weighted by atomic mass is 9.94. The maximum absolute atomic E-state index is 13.3. The summed E-state index contributed by atoms with van der Waals surface area (Å²) in [5, 5.41) is 3.36. The SMILES string of the molecule is Cc1cccc(Cn2c3c(c(C)c2C(=O)NC2CCCCC2)CCCC3)c1. The maximum atomic E-state index is 13.3. The Bertz CT molecular complexity index is 827. The van der Waals surface area contributed by atoms with Gasteiger partial charge in [0.05, 0.1) is 0 Å². The van der Waals surface area contributed by atoms with Gasteiger partial charge < -0.3 is 9.88 Å². The van der Waals surface area contributed by atoms with Gasteiger partial charge in [-0.05, 0) is 69.1 Å². The summed E-state index contributed by atoms with van der Waals surface area (Å²) in [6, 6.07) is 9.03. The number of amides is 1. The molecule has 144 valence electrons. The summed E-state index contributed by atoms with van der Waals surface area (Å²) in [5.41, 5.74) is 7.51. The van der Waals surface area contributed by atoms with Gasteiger partial charge in [-0.2, -0.15) is 0 Å². The third kappa shape index (κ3) is 3.83. The summed E-state index contributed by atoms with van der Waals surface area (Å²) < 4.78 is 2.33. The number of hydrogen-bond acceptors (Lipinski definition) is 1. The van der Waals surface area contributed by atoms with E-state index in [0.717, 1.165) is 37.9 Å². The fourth-order valence-electron chi connectivity index (χ4n) is 5.03. The smallest absolute Gasteiger partial charge is 0.268 e. The van der Waals surface area contributed by atoms with Crippen LogP contribution in [0.25, 0.3) is 0 Å². The van der Waals surface area contributed by atoms with Crippen molar-refractivity contribution in [2.45, 2.75) is 84.2 Å². The summed E-state index contributed by atoms with van der Waals surface area (Å²) in [7, 11) is 0. The maximum Gasteiger partial charge on any atom is 0.268 e. The lowest BCUT2D eigenvalue weighted by Crippen LogP contribution is -2.37. The molecule has 1 aromatic heterocycles. The van der Waals surface area contributed by atoms with Crippen molar-refractivity contribution in [1.82, 2.24) is 9.88 Å². The molecule has 3 heteroatoms. The molecule has 4 rings (SSSR count). The first-order valence-corrected chi connectivity index (χ1v) is 10.7. The first-order chi connectivity index (χ1) is 13.1. The molecule has 1 saturated carbocycles. The zero-order valence-corrected chi connectivity index (χ0v) is 16.8. The predicted octanol–water partition coefficient (Wildman–Crippen LogP) is 5.09. The fourth-order valence-corrected chi connectivity index (χ4v) is 5.03. The van der Waals surface area contributed by atoms with Crippen molar-refractivity contribution >= 4 is 5.91 Å². The Morgan fingerprint density at radius 3 is 2.63 bits per heavy atom. The van der Waals surface area contributed by atoms with Gasteiger partial charge in [0.2, 0.25) is 0 Å². The molecule has 2 aliphatic rings. The van der Waals surface area contributed by atoms with Crippen molar-refractivity contribution < 1.29 is 4.79 Å². The summed E-state index contributed by atoms with van der Waals surface area (Å²) in [5.74, 6) is 0.140. The number of carbonyl (C=O) groups is 1. The van der Waals surface area contributed by atoms with Crippen LogP contribution in [0.4, 0.5) is 0 Å². The Balaban J connectivity index is 1.68. The van der Waals surface area contributed by atoms with E-state index in [0.29, 0.717) is 6.04 Å². The van der Waals surface area contributed by atoms with Gasteiger partial charge in [-0.25, -0.2) is 0 Å². The Kier molecular flexibility index (Phi) is 5.38. The summed E-state index contributed by atoms with van der Waals surface area (Å²) in [4.78, 5) is 13.3. The van der Waals surface area contributed by atoms with E-state index in [1.807, 2.05) is 0 Å². The molecular weight excluding hydrogens is 332 g/mol. The van der Waals surface area contributed by atoms with E-state index in [2.05, 4.69) is 48.0 Å². The van der Waals surface area contributed by atoms with Gasteiger partial charge in [-0.15, -0.1) is 0 Å². The van der Waals surface area contributed by atoms with E-state index in [1.165, 1.54) is 60.1 Å². The first kappa shape index (κ1) is 18.3. The Labute approximate surface area is 163 Å². The van der Waals surface area contributed by atoms with E-state index >= 15 is 0 Å². The second-order valence-electron chi connectivity index (χ2n) is 8.49. The number of carbonyl (C=O) groups excluding carboxylic acids is 1. The molecule has 2 aromatic rings. The topological polar surface area (TPSA) is 34.0 Å². The van der Waals surface area contributed by atoms with Crippen LogP contribution in [0.2, 0.25) is 0 Å². The Hall–Kier alpha value is -2.03. The quantitative estimate of drug-likeness (QED) is 0.805. The van der Waals surface area contributed by atoms with Crippen LogP contribution in [0.1, 0.15) is 83.4 Å². The van der Waals surface area contributed by atoms with Crippen molar-refractivity contribution in [1.29, 1.82) is 0 Å². The lowest BCUT2D eigenvalue weighted by molar-refractivity contribution is 0.0917. The largest absolute Gasteiger partial charge is 0.348 e. The second-order valence-corrected chi connectivity index (χ2v) is 8.49. The van der Waals surface area contributed by atoms with Crippen molar-refractivity contribution in [2.24, 2.45) is 0 Å². The van der Waals surface area contributed by atoms with Crippen LogP contribution in [-0.4, -0.2) is 16.5 Å². The van der Waals surface area contributed by atoms with E-state index in [9.17, 15) is 4.79 Å². The van der Waals surface area contributed by atoms with Crippen LogP contribution < -0.4 is 5.32 Å². The highest BCUT2D eigenvalue weighted by molar-refractivity contribution is 5.95. The molecule has 1 fully saturated rings. The molecular formula is C24H32N2O. The third-order valence-corrected chi connectivity index (χ3v) is 6.42. The van der Waals surface area contributed by atoms with Crippen molar-refractivity contribution in [2.75, 3.05) is 0 Å². The molecule has 0 saturated heterocycles. The number of aromatic nitrogens is 1. The van der Waals surface area contributed by atoms with Gasteiger partial charge >= 0.3 is 0 Å². The van der Waals surface area contributed by atoms with E-state index in [-0.39, 0.29) is 5.91 Å². The Morgan fingerprint density at radius 2 is 1.85 bits per heavy atom. The average Bonchev–Trinajstić information content (AvgIpc) is 2.95. The minimum atomic E-state index is 0.140. The van der Waals surface area contributed by atoms with Crippen molar-refractivity contribution in [3.63, 3.8) is 0 Å². The fraction of sp³-hybridized carbons (Fsp3) is 0.542. The number of fused-ring (bicyclic) bond motifs is 1. The number of aryl methyl sites for hydroxylation is 1. The third-order valence-electron chi connectivity index (χ3n) is 6.42. The standard InChI is InChI=1S/C24H32N2O/c1-17-9-8-10-19(15-17)16-26-22-14-7-6-13-21(22)18(2)23(26)24(27)25-20-11-4-3-5-12-20/h8-10,15,20H,3-7,11-14,16H2,1-2H3,(H,25,27). The molecule has 0 atom stereocenters. The van der Waals surface area contributed by atoms with Crippen LogP contribution in [0.3, 0.4) is 0 Å². The normalized spacial score (nSPS) is 17.6. The number of nitrogens with zero attached hydrogens (tertiary/aromatic N) is 1. The average molecular weight is 365 g/mol. The van der Waals surface area contributed by atoms with Gasteiger partial charge in [0, 0.05) is 18.3 Å². The summed E-state index contributed by atoms with van der Waals surface area (Å²) in [6.07, 6.45) is 10.7. The molecule has 27 heavy (non-hydrogen) atoms. The molecule has 0 bridgehead atoms. The van der Waals surface area contributed by atoms with E-state index in [4.69, 9.17) is 0 Å². The zero-order chi connectivity index (χ0) is 18.8. The van der Waals surface area contributed by atoms with E-state index in [1.54, 1.807) is 0 Å². The highest BCUT2D eigenvalue weighted by atomic mass is 16.2. The monoisotopic (exact) mass is 364 g/mol. The molecule has 1 aromatic carbocycles. The minimum Gasteiger partial charge on any atom is -0.348 e. The lowest BCUT2D eigenvalue weighted by Gasteiger charge is -2.23. The van der Waals surface area contributed by atoms with Gasteiger partial charge in [-0.1, -0.05) is 49.1 Å². The summed E-state index contributed by atoms with van der Waals surface area (Å²) in [6.45, 7) is 5.09. The molecule has 2 aliphatic carbocycles. The molecule has 0 aliphatic heterocycles. The minimum absolute atomic E-state index is 0.140. The van der Waals surface area contributed by atoms with E-state index < -0.39 is 0 Å². The number of hydrogen-bond donors (Lipinski definition) is 1. The zero-order valence-electron chi connectivity index (χ0n) is 16.8. The molecule has 0 radical (unpaired) electrons. The molecule has 1 amide bonds. The summed E-state index contributed by atoms with van der Waals surface area (Å²) >= 11 is 0. The molecule has 0 spiro atoms. The highest BCUT2D eigenvalue weighted by Crippen LogP contribution is 2.31. The van der Waals surface area contributed by atoms with Gasteiger partial charge in [0.15, 0.2) is 0 Å². The predicted molar refractivity (Wildman–Crippen MR) is 110 cm³/mol. The highest BCUT2D eigenvalue weighted by Gasteiger charge is 2.27. The van der Waals surface area contributed by atoms with Crippen LogP contribution >= 0.6 is 0 Å². The second kappa shape index (κ2) is 7.92. The van der Waals surface area contributed by atoms with Gasteiger partial charge in [0.25, 0.3) is 5.91 Å².